The topological polar surface area (TPSA) is 71.5 Å². The summed E-state index contributed by atoms with van der Waals surface area (Å²) in [5.74, 6) is 0. The predicted octanol–water partition coefficient (Wildman–Crippen LogP) is 5.77. The first-order valence-corrected chi connectivity index (χ1v) is 14.6. The van der Waals surface area contributed by atoms with Crippen LogP contribution in [0.4, 0.5) is 26.3 Å². The first kappa shape index (κ1) is 33.4. The Kier molecular flexibility index (Phi) is 14.0. The second-order valence-corrected chi connectivity index (χ2v) is 12.8. The van der Waals surface area contributed by atoms with E-state index >= 15 is 0 Å². The van der Waals surface area contributed by atoms with E-state index in [9.17, 15) is 43.2 Å². The number of hydrogen-bond donors (Lipinski definition) is 0. The van der Waals surface area contributed by atoms with Gasteiger partial charge in [0.15, 0.2) is 0 Å². The van der Waals surface area contributed by atoms with Crippen molar-refractivity contribution in [1.29, 1.82) is 0 Å². The lowest BCUT2D eigenvalue weighted by Gasteiger charge is -2.28. The first-order chi connectivity index (χ1) is 15.5. The third-order valence-electron chi connectivity index (χ3n) is 5.72. The molecule has 0 saturated carbocycles. The summed E-state index contributed by atoms with van der Waals surface area (Å²) < 4.78 is 120. The zero-order valence-corrected chi connectivity index (χ0v) is 21.9. The van der Waals surface area contributed by atoms with Gasteiger partial charge in [-0.05, 0) is 12.8 Å². The number of unbranched alkanes of at least 4 members (excludes halogenated alkanes) is 7. The normalized spacial score (nSPS) is 17.0. The fourth-order valence-corrected chi connectivity index (χ4v) is 6.58. The molecule has 0 spiro atoms. The zero-order valence-electron chi connectivity index (χ0n) is 20.2. The Balaban J connectivity index is 0.000000999. The van der Waals surface area contributed by atoms with Gasteiger partial charge in [-0.2, -0.15) is 26.3 Å². The second kappa shape index (κ2) is 14.2. The number of likely N-dealkylation sites (tertiary alicyclic amines) is 1. The molecule has 0 amide bonds. The number of nitrogens with zero attached hydrogens (tertiary/aromatic N) is 2. The number of halogens is 6. The standard InChI is InChI=1S/C12H21F6NO4S2.C8H18N/c1-2-3-4-5-6-7-8-9-10-19(24(20,21)11(13,14)15)25(22,23)12(16,17)18;1-3-6-9(2)7-4-5-8-9/h2-10H2,1H3;3-8H2,1-2H3/q;+1. The van der Waals surface area contributed by atoms with Crippen LogP contribution in [0.3, 0.4) is 0 Å². The molecule has 0 unspecified atom stereocenters. The Morgan fingerprint density at radius 1 is 0.676 bits per heavy atom. The lowest BCUT2D eigenvalue weighted by Crippen LogP contribution is -2.49. The molecule has 34 heavy (non-hydrogen) atoms. The number of sulfonamides is 2. The Labute approximate surface area is 200 Å². The minimum absolute atomic E-state index is 0.114. The van der Waals surface area contributed by atoms with Gasteiger partial charge in [-0.15, -0.1) is 0 Å². The van der Waals surface area contributed by atoms with Crippen molar-refractivity contribution < 1.29 is 47.7 Å². The van der Waals surface area contributed by atoms with Crippen molar-refractivity contribution >= 4 is 20.0 Å². The van der Waals surface area contributed by atoms with Crippen LogP contribution in [0.2, 0.25) is 0 Å². The molecule has 14 heteroatoms. The highest BCUT2D eigenvalue weighted by atomic mass is 32.3. The first-order valence-electron chi connectivity index (χ1n) is 11.7. The molecule has 1 saturated heterocycles. The molecule has 1 heterocycles. The fraction of sp³-hybridized carbons (Fsp3) is 1.00. The zero-order chi connectivity index (χ0) is 26.7. The molecular weight excluding hydrogens is 510 g/mol. The van der Waals surface area contributed by atoms with Crippen LogP contribution in [-0.2, 0) is 20.0 Å². The molecule has 0 aliphatic carbocycles. The van der Waals surface area contributed by atoms with E-state index in [-0.39, 0.29) is 6.42 Å². The van der Waals surface area contributed by atoms with Gasteiger partial charge in [-0.3, -0.25) is 0 Å². The van der Waals surface area contributed by atoms with Crippen LogP contribution in [-0.4, -0.2) is 69.3 Å². The van der Waals surface area contributed by atoms with Crippen molar-refractivity contribution in [3.8, 4) is 0 Å². The van der Waals surface area contributed by atoms with Crippen LogP contribution in [0.5, 0.6) is 0 Å². The Hall–Kier alpha value is -0.600. The molecule has 0 aromatic heterocycles. The molecule has 0 atom stereocenters. The molecule has 1 aliphatic heterocycles. The van der Waals surface area contributed by atoms with Gasteiger partial charge in [-0.25, -0.2) is 16.8 Å². The summed E-state index contributed by atoms with van der Waals surface area (Å²) in [6, 6.07) is 0. The maximum atomic E-state index is 12.5. The summed E-state index contributed by atoms with van der Waals surface area (Å²) in [5.41, 5.74) is -12.3. The molecule has 206 valence electrons. The van der Waals surface area contributed by atoms with Gasteiger partial charge in [0.05, 0.1) is 26.7 Å². The molecule has 0 bridgehead atoms. The van der Waals surface area contributed by atoms with E-state index < -0.39 is 47.7 Å². The quantitative estimate of drug-likeness (QED) is 0.166. The van der Waals surface area contributed by atoms with Crippen LogP contribution < -0.4 is 0 Å². The maximum absolute atomic E-state index is 12.5. The van der Waals surface area contributed by atoms with Crippen molar-refractivity contribution in [3.63, 3.8) is 0 Å². The highest BCUT2D eigenvalue weighted by molar-refractivity contribution is 8.04. The van der Waals surface area contributed by atoms with Gasteiger partial charge in [0.2, 0.25) is 0 Å². The van der Waals surface area contributed by atoms with Crippen LogP contribution >= 0.6 is 0 Å². The molecule has 0 N–H and O–H groups in total. The van der Waals surface area contributed by atoms with E-state index in [2.05, 4.69) is 14.0 Å². The van der Waals surface area contributed by atoms with Crippen LogP contribution in [0.15, 0.2) is 0 Å². The molecule has 1 rings (SSSR count). The Morgan fingerprint density at radius 3 is 1.41 bits per heavy atom. The molecule has 1 aliphatic rings. The summed E-state index contributed by atoms with van der Waals surface area (Å²) in [4.78, 5) is 0. The van der Waals surface area contributed by atoms with Crippen LogP contribution in [0.25, 0.3) is 0 Å². The highest BCUT2D eigenvalue weighted by Crippen LogP contribution is 2.35. The van der Waals surface area contributed by atoms with E-state index in [4.69, 9.17) is 0 Å². The van der Waals surface area contributed by atoms with Crippen molar-refractivity contribution in [2.75, 3.05) is 33.2 Å². The van der Waals surface area contributed by atoms with Gasteiger partial charge in [-0.1, -0.05) is 62.5 Å². The molecule has 0 radical (unpaired) electrons. The summed E-state index contributed by atoms with van der Waals surface area (Å²) >= 11 is 0. The lowest BCUT2D eigenvalue weighted by molar-refractivity contribution is -0.897. The van der Waals surface area contributed by atoms with E-state index in [1.807, 2.05) is 6.92 Å². The summed E-state index contributed by atoms with van der Waals surface area (Å²) in [5, 5.41) is 0. The van der Waals surface area contributed by atoms with Crippen molar-refractivity contribution in [2.45, 2.75) is 95.5 Å². The van der Waals surface area contributed by atoms with Crippen LogP contribution in [0, 0.1) is 0 Å². The van der Waals surface area contributed by atoms with Gasteiger partial charge < -0.3 is 4.48 Å². The largest absolute Gasteiger partial charge is 0.512 e. The Morgan fingerprint density at radius 2 is 1.06 bits per heavy atom. The maximum Gasteiger partial charge on any atom is 0.512 e. The summed E-state index contributed by atoms with van der Waals surface area (Å²) in [7, 11) is -10.9. The Bertz CT molecular complexity index is 734. The number of hydrogen-bond acceptors (Lipinski definition) is 4. The number of quaternary nitrogens is 1. The average molecular weight is 550 g/mol. The molecule has 0 aromatic rings. The van der Waals surface area contributed by atoms with Gasteiger partial charge in [0.1, 0.15) is 0 Å². The SMILES string of the molecule is CCCCCCCCCCN(S(=O)(=O)C(F)(F)F)S(=O)(=O)C(F)(F)F.CCC[N+]1(C)CCCC1. The number of alkyl halides is 6. The molecule has 1 fully saturated rings. The van der Waals surface area contributed by atoms with E-state index in [0.717, 1.165) is 25.7 Å². The van der Waals surface area contributed by atoms with E-state index in [1.165, 1.54) is 43.4 Å². The smallest absolute Gasteiger partial charge is 0.326 e. The minimum atomic E-state index is -6.66. The van der Waals surface area contributed by atoms with Crippen LogP contribution in [0.1, 0.15) is 84.5 Å². The van der Waals surface area contributed by atoms with E-state index in [1.54, 1.807) is 0 Å². The highest BCUT2D eigenvalue weighted by Gasteiger charge is 2.61. The summed E-state index contributed by atoms with van der Waals surface area (Å²) in [6.07, 6.45) is 8.84. The van der Waals surface area contributed by atoms with Gasteiger partial charge in [0, 0.05) is 19.4 Å². The van der Waals surface area contributed by atoms with Gasteiger partial charge >= 0.3 is 31.1 Å². The minimum Gasteiger partial charge on any atom is -0.326 e. The fourth-order valence-electron chi connectivity index (χ4n) is 3.84. The van der Waals surface area contributed by atoms with Crippen molar-refractivity contribution in [3.05, 3.63) is 0 Å². The molecular formula is C20H39F6N2O4S2+. The molecule has 6 nitrogen and oxygen atoms in total. The average Bonchev–Trinajstić information content (AvgIpc) is 3.11. The van der Waals surface area contributed by atoms with E-state index in [0.29, 0.717) is 12.8 Å². The lowest BCUT2D eigenvalue weighted by atomic mass is 10.1. The monoisotopic (exact) mass is 549 g/mol. The predicted molar refractivity (Wildman–Crippen MR) is 120 cm³/mol. The molecule has 0 aromatic carbocycles. The summed E-state index contributed by atoms with van der Waals surface area (Å²) in [6.45, 7) is 7.11. The van der Waals surface area contributed by atoms with Crippen molar-refractivity contribution in [2.24, 2.45) is 0 Å². The van der Waals surface area contributed by atoms with Crippen molar-refractivity contribution in [1.82, 2.24) is 3.71 Å². The second-order valence-electron chi connectivity index (χ2n) is 8.87. The van der Waals surface area contributed by atoms with Gasteiger partial charge in [0.25, 0.3) is 0 Å². The third-order valence-corrected chi connectivity index (χ3v) is 9.51. The number of rotatable bonds is 13. The third kappa shape index (κ3) is 10.6.